The van der Waals surface area contributed by atoms with Crippen molar-refractivity contribution in [3.63, 3.8) is 0 Å². The second-order valence-electron chi connectivity index (χ2n) is 5.15. The summed E-state index contributed by atoms with van der Waals surface area (Å²) in [5.41, 5.74) is 0. The van der Waals surface area contributed by atoms with E-state index >= 15 is 0 Å². The minimum Gasteiger partial charge on any atom is -0.383 e. The molecule has 1 aromatic heterocycles. The van der Waals surface area contributed by atoms with Crippen molar-refractivity contribution in [2.45, 2.75) is 39.3 Å². The summed E-state index contributed by atoms with van der Waals surface area (Å²) in [7, 11) is 3.89. The van der Waals surface area contributed by atoms with Crippen LogP contribution in [0, 0.1) is 0 Å². The minimum absolute atomic E-state index is 0.625. The first-order valence-corrected chi connectivity index (χ1v) is 7.09. The molecule has 0 fully saturated rings. The zero-order valence-corrected chi connectivity index (χ0v) is 12.7. The molecule has 0 aliphatic heterocycles. The summed E-state index contributed by atoms with van der Waals surface area (Å²) in [6.45, 7) is 8.12. The first-order valence-electron chi connectivity index (χ1n) is 7.09. The van der Waals surface area contributed by atoms with Crippen LogP contribution >= 0.6 is 0 Å². The number of imidazole rings is 1. The molecular formula is C14H28N4O. The highest BCUT2D eigenvalue weighted by molar-refractivity contribution is 5.25. The molecule has 5 nitrogen and oxygen atoms in total. The van der Waals surface area contributed by atoms with Crippen LogP contribution < -0.4 is 5.32 Å². The van der Waals surface area contributed by atoms with Crippen molar-refractivity contribution >= 4 is 5.95 Å². The Morgan fingerprint density at radius 3 is 2.89 bits per heavy atom. The van der Waals surface area contributed by atoms with E-state index in [2.05, 4.69) is 40.7 Å². The predicted molar refractivity (Wildman–Crippen MR) is 79.6 cm³/mol. The van der Waals surface area contributed by atoms with E-state index in [-0.39, 0.29) is 0 Å². The molecule has 0 atom stereocenters. The van der Waals surface area contributed by atoms with Crippen molar-refractivity contribution in [1.29, 1.82) is 0 Å². The summed E-state index contributed by atoms with van der Waals surface area (Å²) in [6.07, 6.45) is 6.26. The summed E-state index contributed by atoms with van der Waals surface area (Å²) < 4.78 is 7.19. The number of unbranched alkanes of at least 4 members (excludes halogenated alkanes) is 1. The Morgan fingerprint density at radius 1 is 1.42 bits per heavy atom. The molecule has 1 heterocycles. The monoisotopic (exact) mass is 268 g/mol. The molecule has 0 saturated heterocycles. The number of aromatic nitrogens is 2. The zero-order valence-electron chi connectivity index (χ0n) is 12.7. The zero-order chi connectivity index (χ0) is 14.1. The van der Waals surface area contributed by atoms with E-state index in [1.807, 2.05) is 12.4 Å². The number of nitrogens with one attached hydrogen (secondary N) is 1. The van der Waals surface area contributed by atoms with E-state index in [1.165, 1.54) is 12.8 Å². The fourth-order valence-corrected chi connectivity index (χ4v) is 1.82. The van der Waals surface area contributed by atoms with Crippen molar-refractivity contribution in [2.24, 2.45) is 0 Å². The Labute approximate surface area is 117 Å². The number of rotatable bonds is 10. The van der Waals surface area contributed by atoms with Gasteiger partial charge in [0.15, 0.2) is 0 Å². The molecule has 19 heavy (non-hydrogen) atoms. The standard InChI is InChI=1S/C14H28N4O/c1-13(2)17(3)9-5-6-10-18-11-7-15-14(18)16-8-12-19-4/h7,11,13H,5-6,8-10,12H2,1-4H3,(H,15,16). The number of methoxy groups -OCH3 is 1. The average Bonchev–Trinajstić information content (AvgIpc) is 2.82. The van der Waals surface area contributed by atoms with Gasteiger partial charge in [0.2, 0.25) is 5.95 Å². The van der Waals surface area contributed by atoms with E-state index in [1.54, 1.807) is 7.11 Å². The summed E-state index contributed by atoms with van der Waals surface area (Å²) in [6, 6.07) is 0.625. The van der Waals surface area contributed by atoms with Crippen molar-refractivity contribution < 1.29 is 4.74 Å². The van der Waals surface area contributed by atoms with Gasteiger partial charge >= 0.3 is 0 Å². The summed E-state index contributed by atoms with van der Waals surface area (Å²) in [4.78, 5) is 6.70. The predicted octanol–water partition coefficient (Wildman–Crippen LogP) is 2.06. The van der Waals surface area contributed by atoms with Crippen molar-refractivity contribution in [2.75, 3.05) is 39.2 Å². The van der Waals surface area contributed by atoms with Crippen molar-refractivity contribution in [3.8, 4) is 0 Å². The molecule has 0 bridgehead atoms. The molecule has 0 aromatic carbocycles. The number of aryl methyl sites for hydroxylation is 1. The van der Waals surface area contributed by atoms with Gasteiger partial charge in [-0.2, -0.15) is 0 Å². The molecular weight excluding hydrogens is 240 g/mol. The molecule has 5 heteroatoms. The lowest BCUT2D eigenvalue weighted by atomic mass is 10.2. The van der Waals surface area contributed by atoms with Crippen LogP contribution in [0.1, 0.15) is 26.7 Å². The summed E-state index contributed by atoms with van der Waals surface area (Å²) in [5, 5.41) is 3.28. The quantitative estimate of drug-likeness (QED) is 0.660. The van der Waals surface area contributed by atoms with Gasteiger partial charge in [-0.25, -0.2) is 4.98 Å². The molecule has 0 aliphatic rings. The number of hydrogen-bond donors (Lipinski definition) is 1. The van der Waals surface area contributed by atoms with Gasteiger partial charge in [0, 0.05) is 38.6 Å². The van der Waals surface area contributed by atoms with Gasteiger partial charge in [-0.1, -0.05) is 0 Å². The van der Waals surface area contributed by atoms with Gasteiger partial charge in [0.05, 0.1) is 6.61 Å². The van der Waals surface area contributed by atoms with Gasteiger partial charge in [-0.3, -0.25) is 0 Å². The van der Waals surface area contributed by atoms with Crippen molar-refractivity contribution in [1.82, 2.24) is 14.5 Å². The van der Waals surface area contributed by atoms with Crippen LogP contribution in [0.2, 0.25) is 0 Å². The number of nitrogens with zero attached hydrogens (tertiary/aromatic N) is 3. The molecule has 0 saturated carbocycles. The fourth-order valence-electron chi connectivity index (χ4n) is 1.82. The highest BCUT2D eigenvalue weighted by atomic mass is 16.5. The van der Waals surface area contributed by atoms with Crippen molar-refractivity contribution in [3.05, 3.63) is 12.4 Å². The van der Waals surface area contributed by atoms with E-state index in [0.717, 1.165) is 25.6 Å². The Hall–Kier alpha value is -1.07. The summed E-state index contributed by atoms with van der Waals surface area (Å²) in [5.74, 6) is 0.939. The average molecular weight is 268 g/mol. The van der Waals surface area contributed by atoms with Crippen LogP contribution in [0.4, 0.5) is 5.95 Å². The molecule has 1 rings (SSSR count). The van der Waals surface area contributed by atoms with E-state index in [9.17, 15) is 0 Å². The second kappa shape index (κ2) is 8.93. The third-order valence-corrected chi connectivity index (χ3v) is 3.35. The van der Waals surface area contributed by atoms with E-state index < -0.39 is 0 Å². The number of hydrogen-bond acceptors (Lipinski definition) is 4. The lowest BCUT2D eigenvalue weighted by Gasteiger charge is -2.20. The van der Waals surface area contributed by atoms with Crippen LogP contribution in [0.15, 0.2) is 12.4 Å². The molecule has 0 aliphatic carbocycles. The first kappa shape index (κ1) is 16.0. The highest BCUT2D eigenvalue weighted by Crippen LogP contribution is 2.07. The molecule has 0 spiro atoms. The second-order valence-corrected chi connectivity index (χ2v) is 5.15. The van der Waals surface area contributed by atoms with Gasteiger partial charge in [0.25, 0.3) is 0 Å². The number of anilines is 1. The lowest BCUT2D eigenvalue weighted by molar-refractivity contribution is 0.210. The molecule has 110 valence electrons. The molecule has 1 aromatic rings. The molecule has 0 amide bonds. The SMILES string of the molecule is COCCNc1nccn1CCCCN(C)C(C)C. The van der Waals surface area contributed by atoms with Gasteiger partial charge in [0.1, 0.15) is 0 Å². The fraction of sp³-hybridized carbons (Fsp3) is 0.786. The smallest absolute Gasteiger partial charge is 0.202 e. The Bertz CT molecular complexity index is 338. The van der Waals surface area contributed by atoms with Gasteiger partial charge in [-0.15, -0.1) is 0 Å². The molecule has 0 radical (unpaired) electrons. The molecule has 0 unspecified atom stereocenters. The van der Waals surface area contributed by atoms with Crippen LogP contribution in [0.25, 0.3) is 0 Å². The highest BCUT2D eigenvalue weighted by Gasteiger charge is 2.04. The normalized spacial score (nSPS) is 11.5. The van der Waals surface area contributed by atoms with Gasteiger partial charge in [-0.05, 0) is 40.3 Å². The summed E-state index contributed by atoms with van der Waals surface area (Å²) >= 11 is 0. The number of ether oxygens (including phenoxy) is 1. The van der Waals surface area contributed by atoms with Crippen LogP contribution in [0.3, 0.4) is 0 Å². The Balaban J connectivity index is 2.23. The third-order valence-electron chi connectivity index (χ3n) is 3.35. The first-order chi connectivity index (χ1) is 9.15. The third kappa shape index (κ3) is 6.07. The maximum absolute atomic E-state index is 5.02. The Morgan fingerprint density at radius 2 is 2.21 bits per heavy atom. The van der Waals surface area contributed by atoms with Gasteiger partial charge < -0.3 is 19.5 Å². The van der Waals surface area contributed by atoms with E-state index in [0.29, 0.717) is 12.6 Å². The van der Waals surface area contributed by atoms with Crippen LogP contribution in [-0.2, 0) is 11.3 Å². The maximum atomic E-state index is 5.02. The molecule has 1 N–H and O–H groups in total. The topological polar surface area (TPSA) is 42.3 Å². The lowest BCUT2D eigenvalue weighted by Crippen LogP contribution is -2.27. The van der Waals surface area contributed by atoms with E-state index in [4.69, 9.17) is 4.74 Å². The maximum Gasteiger partial charge on any atom is 0.202 e. The van der Waals surface area contributed by atoms with Crippen LogP contribution in [-0.4, -0.2) is 54.3 Å². The Kier molecular flexibility index (Phi) is 7.52. The minimum atomic E-state index is 0.625. The van der Waals surface area contributed by atoms with Crippen LogP contribution in [0.5, 0.6) is 0 Å². The largest absolute Gasteiger partial charge is 0.383 e.